The van der Waals surface area contributed by atoms with Crippen LogP contribution in [0, 0.1) is 11.6 Å². The average Bonchev–Trinajstić information content (AvgIpc) is 2.59. The van der Waals surface area contributed by atoms with Crippen molar-refractivity contribution in [1.82, 2.24) is 0 Å². The Hall–Kier alpha value is -2.15. The van der Waals surface area contributed by atoms with E-state index in [4.69, 9.17) is 9.84 Å². The fourth-order valence-corrected chi connectivity index (χ4v) is 2.13. The van der Waals surface area contributed by atoms with Gasteiger partial charge in [-0.2, -0.15) is 0 Å². The standard InChI is InChI=1S/C18H18F2O4/c1-18(11-22,17(23)9-21)24-10-12-2-4-13(5-3-12)15-7-6-14(19)8-16(15)20/h2-8,21-22H,9-11H2,1H3. The lowest BCUT2D eigenvalue weighted by atomic mass is 10.0. The highest BCUT2D eigenvalue weighted by atomic mass is 19.1. The number of ketones is 1. The Kier molecular flexibility index (Phi) is 5.77. The molecule has 1 atom stereocenters. The number of carbonyl (C=O) groups excluding carboxylic acids is 1. The number of aliphatic hydroxyl groups is 2. The van der Waals surface area contributed by atoms with Gasteiger partial charge in [0.05, 0.1) is 13.2 Å². The van der Waals surface area contributed by atoms with Gasteiger partial charge in [0.2, 0.25) is 0 Å². The molecule has 4 nitrogen and oxygen atoms in total. The molecule has 2 aromatic rings. The van der Waals surface area contributed by atoms with Crippen molar-refractivity contribution in [3.63, 3.8) is 0 Å². The molecule has 128 valence electrons. The van der Waals surface area contributed by atoms with E-state index < -0.39 is 36.2 Å². The van der Waals surface area contributed by atoms with Gasteiger partial charge in [0.1, 0.15) is 23.8 Å². The molecule has 0 fully saturated rings. The smallest absolute Gasteiger partial charge is 0.191 e. The summed E-state index contributed by atoms with van der Waals surface area (Å²) in [4.78, 5) is 11.6. The molecule has 0 spiro atoms. The van der Waals surface area contributed by atoms with Crippen LogP contribution in [-0.4, -0.2) is 34.8 Å². The fraction of sp³-hybridized carbons (Fsp3) is 0.278. The number of hydrogen-bond donors (Lipinski definition) is 2. The molecule has 0 aliphatic carbocycles. The largest absolute Gasteiger partial charge is 0.393 e. The van der Waals surface area contributed by atoms with Crippen LogP contribution in [0.5, 0.6) is 0 Å². The van der Waals surface area contributed by atoms with Gasteiger partial charge in [0.15, 0.2) is 5.78 Å². The van der Waals surface area contributed by atoms with Crippen molar-refractivity contribution in [3.8, 4) is 11.1 Å². The van der Waals surface area contributed by atoms with Crippen LogP contribution in [0.3, 0.4) is 0 Å². The van der Waals surface area contributed by atoms with E-state index in [1.54, 1.807) is 24.3 Å². The maximum absolute atomic E-state index is 13.8. The molecule has 0 radical (unpaired) electrons. The summed E-state index contributed by atoms with van der Waals surface area (Å²) in [6.07, 6.45) is 0. The molecule has 0 aromatic heterocycles. The second kappa shape index (κ2) is 7.61. The van der Waals surface area contributed by atoms with Gasteiger partial charge in [-0.15, -0.1) is 0 Å². The van der Waals surface area contributed by atoms with Crippen LogP contribution in [0.4, 0.5) is 8.78 Å². The first kappa shape index (κ1) is 18.2. The summed E-state index contributed by atoms with van der Waals surface area (Å²) in [6.45, 7) is 0.161. The van der Waals surface area contributed by atoms with Crippen molar-refractivity contribution in [2.24, 2.45) is 0 Å². The molecule has 0 amide bonds. The van der Waals surface area contributed by atoms with Gasteiger partial charge in [-0.1, -0.05) is 24.3 Å². The number of hydrogen-bond acceptors (Lipinski definition) is 4. The number of rotatable bonds is 7. The van der Waals surface area contributed by atoms with Crippen LogP contribution in [0.1, 0.15) is 12.5 Å². The third kappa shape index (κ3) is 4.03. The van der Waals surface area contributed by atoms with Crippen LogP contribution >= 0.6 is 0 Å². The van der Waals surface area contributed by atoms with E-state index in [1.165, 1.54) is 19.1 Å². The van der Waals surface area contributed by atoms with E-state index >= 15 is 0 Å². The summed E-state index contributed by atoms with van der Waals surface area (Å²) >= 11 is 0. The summed E-state index contributed by atoms with van der Waals surface area (Å²) in [7, 11) is 0. The molecule has 24 heavy (non-hydrogen) atoms. The van der Waals surface area contributed by atoms with Crippen molar-refractivity contribution in [2.75, 3.05) is 13.2 Å². The van der Waals surface area contributed by atoms with Gasteiger partial charge in [-0.3, -0.25) is 4.79 Å². The predicted octanol–water partition coefficient (Wildman–Crippen LogP) is 2.46. The number of halogens is 2. The summed E-state index contributed by atoms with van der Waals surface area (Å²) in [6, 6.07) is 10.0. The first-order valence-electron chi connectivity index (χ1n) is 7.33. The Morgan fingerprint density at radius 1 is 1.12 bits per heavy atom. The molecule has 0 bridgehead atoms. The van der Waals surface area contributed by atoms with Crippen LogP contribution in [0.2, 0.25) is 0 Å². The molecule has 0 saturated heterocycles. The number of Topliss-reactive ketones (excluding diaryl/α,β-unsaturated/α-hetero) is 1. The zero-order chi connectivity index (χ0) is 17.7. The number of benzene rings is 2. The Balaban J connectivity index is 2.11. The highest BCUT2D eigenvalue weighted by Gasteiger charge is 2.32. The van der Waals surface area contributed by atoms with Gasteiger partial charge in [-0.05, 0) is 30.2 Å². The van der Waals surface area contributed by atoms with E-state index in [1.807, 2.05) is 0 Å². The minimum Gasteiger partial charge on any atom is -0.393 e. The van der Waals surface area contributed by atoms with Crippen LogP contribution in [0.15, 0.2) is 42.5 Å². The molecule has 0 aliphatic rings. The maximum atomic E-state index is 13.8. The van der Waals surface area contributed by atoms with E-state index in [2.05, 4.69) is 0 Å². The second-order valence-electron chi connectivity index (χ2n) is 5.58. The molecular formula is C18H18F2O4. The van der Waals surface area contributed by atoms with Crippen molar-refractivity contribution < 1.29 is 28.5 Å². The fourth-order valence-electron chi connectivity index (χ4n) is 2.13. The van der Waals surface area contributed by atoms with Gasteiger partial charge in [-0.25, -0.2) is 8.78 Å². The summed E-state index contributed by atoms with van der Waals surface area (Å²) in [5.74, 6) is -1.91. The molecule has 0 saturated carbocycles. The topological polar surface area (TPSA) is 66.8 Å². The van der Waals surface area contributed by atoms with E-state index in [9.17, 15) is 18.7 Å². The molecule has 6 heteroatoms. The molecule has 2 N–H and O–H groups in total. The van der Waals surface area contributed by atoms with Crippen molar-refractivity contribution >= 4 is 5.78 Å². The van der Waals surface area contributed by atoms with Gasteiger partial charge in [0.25, 0.3) is 0 Å². The molecule has 1 unspecified atom stereocenters. The Bertz CT molecular complexity index is 715. The monoisotopic (exact) mass is 336 g/mol. The Morgan fingerprint density at radius 3 is 2.33 bits per heavy atom. The normalized spacial score (nSPS) is 13.5. The van der Waals surface area contributed by atoms with Crippen LogP contribution < -0.4 is 0 Å². The third-order valence-corrected chi connectivity index (χ3v) is 3.79. The highest BCUT2D eigenvalue weighted by molar-refractivity contribution is 5.88. The SMILES string of the molecule is CC(CO)(OCc1ccc(-c2ccc(F)cc2F)cc1)C(=O)CO. The number of carbonyl (C=O) groups is 1. The zero-order valence-corrected chi connectivity index (χ0v) is 13.1. The molecule has 2 rings (SSSR count). The lowest BCUT2D eigenvalue weighted by Gasteiger charge is -2.25. The van der Waals surface area contributed by atoms with Crippen molar-refractivity contribution in [2.45, 2.75) is 19.1 Å². The third-order valence-electron chi connectivity index (χ3n) is 3.79. The van der Waals surface area contributed by atoms with Crippen molar-refractivity contribution in [1.29, 1.82) is 0 Å². The first-order valence-corrected chi connectivity index (χ1v) is 7.33. The Morgan fingerprint density at radius 2 is 1.79 bits per heavy atom. The molecule has 0 aliphatic heterocycles. The first-order chi connectivity index (χ1) is 11.4. The van der Waals surface area contributed by atoms with Crippen LogP contribution in [-0.2, 0) is 16.1 Å². The summed E-state index contributed by atoms with van der Waals surface area (Å²) in [5, 5.41) is 18.2. The Labute approximate surface area is 138 Å². The maximum Gasteiger partial charge on any atom is 0.191 e. The average molecular weight is 336 g/mol. The van der Waals surface area contributed by atoms with E-state index in [0.29, 0.717) is 11.1 Å². The van der Waals surface area contributed by atoms with Gasteiger partial charge >= 0.3 is 0 Å². The highest BCUT2D eigenvalue weighted by Crippen LogP contribution is 2.24. The minimum atomic E-state index is -1.48. The minimum absolute atomic E-state index is 0.0367. The number of aliphatic hydroxyl groups excluding tert-OH is 2. The van der Waals surface area contributed by atoms with Gasteiger partial charge < -0.3 is 14.9 Å². The van der Waals surface area contributed by atoms with Crippen molar-refractivity contribution in [3.05, 3.63) is 59.7 Å². The lowest BCUT2D eigenvalue weighted by molar-refractivity contribution is -0.152. The predicted molar refractivity (Wildman–Crippen MR) is 84.2 cm³/mol. The lowest BCUT2D eigenvalue weighted by Crippen LogP contribution is -2.43. The van der Waals surface area contributed by atoms with E-state index in [-0.39, 0.29) is 12.2 Å². The quantitative estimate of drug-likeness (QED) is 0.815. The molecule has 2 aromatic carbocycles. The van der Waals surface area contributed by atoms with Gasteiger partial charge in [0, 0.05) is 11.6 Å². The number of ether oxygens (including phenoxy) is 1. The summed E-state index contributed by atoms with van der Waals surface area (Å²) in [5.41, 5.74) is 0.0787. The van der Waals surface area contributed by atoms with E-state index in [0.717, 1.165) is 6.07 Å². The molecular weight excluding hydrogens is 318 g/mol. The second-order valence-corrected chi connectivity index (χ2v) is 5.58. The summed E-state index contributed by atoms with van der Waals surface area (Å²) < 4.78 is 32.1. The van der Waals surface area contributed by atoms with Crippen LogP contribution in [0.25, 0.3) is 11.1 Å². The molecule has 0 heterocycles. The zero-order valence-electron chi connectivity index (χ0n) is 13.1.